The molecule has 0 aromatic heterocycles. The van der Waals surface area contributed by atoms with Crippen LogP contribution in [0.5, 0.6) is 0 Å². The van der Waals surface area contributed by atoms with Gasteiger partial charge in [-0.05, 0) is 38.3 Å². The van der Waals surface area contributed by atoms with Crippen LogP contribution in [0, 0.1) is 5.92 Å². The SMILES string of the molecule is CSCC[C@@H](NC(=O)C1CCNC1C)C(=O)O. The molecule has 0 aromatic rings. The summed E-state index contributed by atoms with van der Waals surface area (Å²) in [7, 11) is 0. The van der Waals surface area contributed by atoms with Gasteiger partial charge >= 0.3 is 5.97 Å². The maximum absolute atomic E-state index is 11.9. The van der Waals surface area contributed by atoms with Crippen LogP contribution in [0.1, 0.15) is 19.8 Å². The van der Waals surface area contributed by atoms with Crippen molar-refractivity contribution in [3.05, 3.63) is 0 Å². The van der Waals surface area contributed by atoms with E-state index in [1.807, 2.05) is 13.2 Å². The highest BCUT2D eigenvalue weighted by Gasteiger charge is 2.31. The Morgan fingerprint density at radius 2 is 2.29 bits per heavy atom. The molecule has 0 radical (unpaired) electrons. The Morgan fingerprint density at radius 3 is 2.76 bits per heavy atom. The van der Waals surface area contributed by atoms with E-state index in [-0.39, 0.29) is 17.9 Å². The molecule has 1 aliphatic rings. The Morgan fingerprint density at radius 1 is 1.59 bits per heavy atom. The molecule has 0 bridgehead atoms. The first kappa shape index (κ1) is 14.3. The standard InChI is InChI=1S/C11H20N2O3S/c1-7-8(3-5-12-7)10(14)13-9(11(15)16)4-6-17-2/h7-9,12H,3-6H2,1-2H3,(H,13,14)(H,15,16)/t7?,8?,9-/m1/s1. The Bertz CT molecular complexity index is 286. The lowest BCUT2D eigenvalue weighted by atomic mass is 10.0. The van der Waals surface area contributed by atoms with Crippen LogP contribution in [0.3, 0.4) is 0 Å². The number of rotatable bonds is 6. The number of hydrogen-bond donors (Lipinski definition) is 3. The highest BCUT2D eigenvalue weighted by atomic mass is 32.2. The summed E-state index contributed by atoms with van der Waals surface area (Å²) in [6, 6.07) is -0.632. The fourth-order valence-electron chi connectivity index (χ4n) is 1.99. The molecular weight excluding hydrogens is 240 g/mol. The van der Waals surface area contributed by atoms with E-state index in [1.165, 1.54) is 0 Å². The Balaban J connectivity index is 2.48. The molecule has 1 saturated heterocycles. The van der Waals surface area contributed by atoms with E-state index >= 15 is 0 Å². The summed E-state index contributed by atoms with van der Waals surface area (Å²) in [5.41, 5.74) is 0. The number of hydrogen-bond acceptors (Lipinski definition) is 4. The van der Waals surface area contributed by atoms with Crippen molar-refractivity contribution < 1.29 is 14.7 Å². The average Bonchev–Trinajstić information content (AvgIpc) is 2.70. The number of aliphatic carboxylic acids is 1. The fraction of sp³-hybridized carbons (Fsp3) is 0.818. The van der Waals surface area contributed by atoms with E-state index < -0.39 is 12.0 Å². The number of carboxylic acid groups (broad SMARTS) is 1. The van der Waals surface area contributed by atoms with Gasteiger partial charge < -0.3 is 15.7 Å². The van der Waals surface area contributed by atoms with Gasteiger partial charge in [0, 0.05) is 6.04 Å². The third-order valence-electron chi connectivity index (χ3n) is 3.09. The Kier molecular flexibility index (Phi) is 5.77. The minimum absolute atomic E-state index is 0.105. The lowest BCUT2D eigenvalue weighted by molar-refractivity contribution is -0.142. The first-order chi connectivity index (χ1) is 8.06. The number of nitrogens with one attached hydrogen (secondary N) is 2. The first-order valence-electron chi connectivity index (χ1n) is 5.81. The maximum atomic E-state index is 11.9. The molecule has 0 aliphatic carbocycles. The van der Waals surface area contributed by atoms with Crippen molar-refractivity contribution in [2.75, 3.05) is 18.6 Å². The normalized spacial score (nSPS) is 25.5. The highest BCUT2D eigenvalue weighted by Crippen LogP contribution is 2.15. The van der Waals surface area contributed by atoms with Crippen LogP contribution in [-0.4, -0.2) is 47.6 Å². The van der Waals surface area contributed by atoms with Gasteiger partial charge in [0.2, 0.25) is 5.91 Å². The second kappa shape index (κ2) is 6.86. The van der Waals surface area contributed by atoms with Crippen molar-refractivity contribution >= 4 is 23.6 Å². The van der Waals surface area contributed by atoms with Crippen molar-refractivity contribution in [1.82, 2.24) is 10.6 Å². The Hall–Kier alpha value is -0.750. The molecule has 1 heterocycles. The quantitative estimate of drug-likeness (QED) is 0.640. The van der Waals surface area contributed by atoms with Crippen LogP contribution in [0.4, 0.5) is 0 Å². The largest absolute Gasteiger partial charge is 0.480 e. The number of thioether (sulfide) groups is 1. The number of carboxylic acids is 1. The van der Waals surface area contributed by atoms with E-state index in [9.17, 15) is 9.59 Å². The average molecular weight is 260 g/mol. The fourth-order valence-corrected chi connectivity index (χ4v) is 2.46. The highest BCUT2D eigenvalue weighted by molar-refractivity contribution is 7.98. The molecule has 1 amide bonds. The second-order valence-electron chi connectivity index (χ2n) is 4.32. The van der Waals surface area contributed by atoms with Crippen LogP contribution in [0.15, 0.2) is 0 Å². The monoisotopic (exact) mass is 260 g/mol. The zero-order chi connectivity index (χ0) is 12.8. The molecule has 1 aliphatic heterocycles. The zero-order valence-corrected chi connectivity index (χ0v) is 11.0. The number of amides is 1. The maximum Gasteiger partial charge on any atom is 0.326 e. The summed E-state index contributed by atoms with van der Waals surface area (Å²) in [5.74, 6) is -0.469. The van der Waals surface area contributed by atoms with Crippen molar-refractivity contribution in [1.29, 1.82) is 0 Å². The molecule has 3 N–H and O–H groups in total. The summed E-state index contributed by atoms with van der Waals surface area (Å²) >= 11 is 1.58. The van der Waals surface area contributed by atoms with E-state index in [2.05, 4.69) is 10.6 Å². The minimum Gasteiger partial charge on any atom is -0.480 e. The third-order valence-corrected chi connectivity index (χ3v) is 3.73. The smallest absolute Gasteiger partial charge is 0.326 e. The van der Waals surface area contributed by atoms with E-state index in [4.69, 9.17) is 5.11 Å². The molecule has 17 heavy (non-hydrogen) atoms. The predicted octanol–water partition coefficient (Wildman–Crippen LogP) is 0.307. The van der Waals surface area contributed by atoms with E-state index in [0.717, 1.165) is 18.7 Å². The molecule has 5 nitrogen and oxygen atoms in total. The number of carbonyl (C=O) groups is 2. The molecule has 0 aromatic carbocycles. The topological polar surface area (TPSA) is 78.4 Å². The van der Waals surface area contributed by atoms with Crippen molar-refractivity contribution in [2.45, 2.75) is 31.8 Å². The van der Waals surface area contributed by atoms with Crippen molar-refractivity contribution in [2.24, 2.45) is 5.92 Å². The summed E-state index contributed by atoms with van der Waals surface area (Å²) in [6.07, 6.45) is 3.17. The van der Waals surface area contributed by atoms with Crippen LogP contribution < -0.4 is 10.6 Å². The predicted molar refractivity (Wildman–Crippen MR) is 68.1 cm³/mol. The van der Waals surface area contributed by atoms with Gasteiger partial charge in [-0.1, -0.05) is 0 Å². The van der Waals surface area contributed by atoms with Crippen LogP contribution in [0.25, 0.3) is 0 Å². The Labute approximate surface area is 106 Å². The van der Waals surface area contributed by atoms with Gasteiger partial charge in [-0.3, -0.25) is 4.79 Å². The van der Waals surface area contributed by atoms with Gasteiger partial charge in [-0.15, -0.1) is 0 Å². The van der Waals surface area contributed by atoms with Gasteiger partial charge in [0.25, 0.3) is 0 Å². The molecule has 1 rings (SSSR count). The molecule has 2 unspecified atom stereocenters. The van der Waals surface area contributed by atoms with Gasteiger partial charge in [-0.2, -0.15) is 11.8 Å². The summed E-state index contributed by atoms with van der Waals surface area (Å²) in [4.78, 5) is 22.9. The molecule has 3 atom stereocenters. The van der Waals surface area contributed by atoms with Crippen LogP contribution in [-0.2, 0) is 9.59 Å². The lowest BCUT2D eigenvalue weighted by Gasteiger charge is -2.19. The zero-order valence-electron chi connectivity index (χ0n) is 10.2. The van der Waals surface area contributed by atoms with Crippen molar-refractivity contribution in [3.63, 3.8) is 0 Å². The molecule has 6 heteroatoms. The molecule has 1 fully saturated rings. The van der Waals surface area contributed by atoms with E-state index in [1.54, 1.807) is 11.8 Å². The van der Waals surface area contributed by atoms with Crippen LogP contribution >= 0.6 is 11.8 Å². The van der Waals surface area contributed by atoms with Crippen molar-refractivity contribution in [3.8, 4) is 0 Å². The van der Waals surface area contributed by atoms with Crippen LogP contribution in [0.2, 0.25) is 0 Å². The lowest BCUT2D eigenvalue weighted by Crippen LogP contribution is -2.46. The summed E-state index contributed by atoms with van der Waals surface area (Å²) in [5, 5.41) is 14.8. The molecule has 98 valence electrons. The third kappa shape index (κ3) is 4.20. The van der Waals surface area contributed by atoms with Gasteiger partial charge in [0.1, 0.15) is 6.04 Å². The van der Waals surface area contributed by atoms with E-state index in [0.29, 0.717) is 6.42 Å². The number of carbonyl (C=O) groups excluding carboxylic acids is 1. The van der Waals surface area contributed by atoms with Gasteiger partial charge in [-0.25, -0.2) is 4.79 Å². The molecule has 0 spiro atoms. The summed E-state index contributed by atoms with van der Waals surface area (Å²) < 4.78 is 0. The molecule has 0 saturated carbocycles. The second-order valence-corrected chi connectivity index (χ2v) is 5.30. The first-order valence-corrected chi connectivity index (χ1v) is 7.21. The van der Waals surface area contributed by atoms with Gasteiger partial charge in [0.15, 0.2) is 0 Å². The summed E-state index contributed by atoms with van der Waals surface area (Å²) in [6.45, 7) is 2.77. The minimum atomic E-state index is -0.953. The van der Waals surface area contributed by atoms with Gasteiger partial charge in [0.05, 0.1) is 5.92 Å². The molecular formula is C11H20N2O3S.